The summed E-state index contributed by atoms with van der Waals surface area (Å²) in [6.45, 7) is 0.0575. The Hall–Kier alpha value is 0.150. The van der Waals surface area contributed by atoms with Crippen LogP contribution < -0.4 is 4.74 Å². The normalized spacial score (nSPS) is 13.3. The maximum Gasteiger partial charge on any atom is 0.400 e. The Morgan fingerprint density at radius 3 is 2.54 bits per heavy atom. The molecule has 0 aliphatic rings. The van der Waals surface area contributed by atoms with Crippen molar-refractivity contribution in [1.29, 1.82) is 0 Å². The highest BCUT2D eigenvalue weighted by Gasteiger charge is 2.53. The number of fused-ring (bicyclic) bond motifs is 1. The topological polar surface area (TPSA) is 101 Å². The molecule has 26 heavy (non-hydrogen) atoms. The van der Waals surface area contributed by atoms with E-state index in [9.17, 15) is 21.8 Å². The molecule has 1 aromatic carbocycles. The molecule has 0 atom stereocenters. The summed E-state index contributed by atoms with van der Waals surface area (Å²) in [7, 11) is -8.85. The second-order valence-electron chi connectivity index (χ2n) is 5.44. The van der Waals surface area contributed by atoms with E-state index in [2.05, 4.69) is 15.9 Å². The standard InChI is InChI=1S/C13H13BrF2IO6PS2/c1-26(21,22)4-2-3-23-9-6-7(17)5-8-10(14)12(25-11(8)9)13(15,16)24(18,19)20/h5-6H,2-4H2,1H3,(H2,18,19,20). The molecule has 6 nitrogen and oxygen atoms in total. The number of benzene rings is 1. The average Bonchev–Trinajstić information content (AvgIpc) is 2.79. The molecule has 0 saturated heterocycles. The fourth-order valence-electron chi connectivity index (χ4n) is 2.04. The van der Waals surface area contributed by atoms with Crippen LogP contribution in [-0.4, -0.2) is 36.8 Å². The van der Waals surface area contributed by atoms with Crippen LogP contribution in [0, 0.1) is 3.57 Å². The Morgan fingerprint density at radius 2 is 2.00 bits per heavy atom. The van der Waals surface area contributed by atoms with E-state index in [4.69, 9.17) is 14.5 Å². The van der Waals surface area contributed by atoms with Gasteiger partial charge in [-0.2, -0.15) is 8.78 Å². The third-order valence-corrected chi connectivity index (χ3v) is 8.35. The van der Waals surface area contributed by atoms with E-state index in [1.54, 1.807) is 12.1 Å². The summed E-state index contributed by atoms with van der Waals surface area (Å²) in [6, 6.07) is 3.17. The van der Waals surface area contributed by atoms with Gasteiger partial charge >= 0.3 is 13.3 Å². The van der Waals surface area contributed by atoms with Crippen LogP contribution in [0.1, 0.15) is 11.3 Å². The molecule has 2 rings (SSSR count). The fourth-order valence-corrected chi connectivity index (χ4v) is 6.25. The number of alkyl halides is 2. The zero-order valence-corrected chi connectivity index (χ0v) is 19.3. The summed E-state index contributed by atoms with van der Waals surface area (Å²) in [6.07, 6.45) is 1.33. The number of thiophene rings is 1. The first-order chi connectivity index (χ1) is 11.7. The molecule has 1 heterocycles. The molecule has 0 aliphatic heterocycles. The Morgan fingerprint density at radius 1 is 1.38 bits per heavy atom. The second kappa shape index (κ2) is 7.88. The van der Waals surface area contributed by atoms with Gasteiger partial charge in [-0.05, 0) is 57.1 Å². The van der Waals surface area contributed by atoms with Crippen molar-refractivity contribution in [3.8, 4) is 5.75 Å². The van der Waals surface area contributed by atoms with Crippen LogP contribution in [-0.2, 0) is 20.1 Å². The van der Waals surface area contributed by atoms with E-state index >= 15 is 0 Å². The third-order valence-electron chi connectivity index (χ3n) is 3.22. The largest absolute Gasteiger partial charge is 0.492 e. The van der Waals surface area contributed by atoms with Gasteiger partial charge in [0, 0.05) is 19.7 Å². The molecule has 13 heteroatoms. The molecule has 2 aromatic rings. The van der Waals surface area contributed by atoms with E-state index in [0.29, 0.717) is 25.0 Å². The van der Waals surface area contributed by atoms with E-state index in [-0.39, 0.29) is 29.0 Å². The van der Waals surface area contributed by atoms with Gasteiger partial charge in [0.15, 0.2) is 0 Å². The number of hydrogen-bond acceptors (Lipinski definition) is 5. The Kier molecular flexibility index (Phi) is 6.80. The van der Waals surface area contributed by atoms with Crippen molar-refractivity contribution in [3.63, 3.8) is 0 Å². The van der Waals surface area contributed by atoms with Gasteiger partial charge in [-0.3, -0.25) is 4.57 Å². The van der Waals surface area contributed by atoms with Crippen molar-refractivity contribution in [2.24, 2.45) is 0 Å². The van der Waals surface area contributed by atoms with Crippen molar-refractivity contribution >= 4 is 77.4 Å². The fraction of sp³-hybridized carbons (Fsp3) is 0.385. The summed E-state index contributed by atoms with van der Waals surface area (Å²) in [4.78, 5) is 17.2. The average molecular weight is 605 g/mol. The highest BCUT2D eigenvalue weighted by Crippen LogP contribution is 2.63. The second-order valence-corrected chi connectivity index (χ2v) is 12.4. The van der Waals surface area contributed by atoms with Gasteiger partial charge in [0.25, 0.3) is 0 Å². The quantitative estimate of drug-likeness (QED) is 0.278. The Bertz CT molecular complexity index is 988. The number of ether oxygens (including phenoxy) is 1. The summed E-state index contributed by atoms with van der Waals surface area (Å²) >= 11 is 5.48. The molecule has 2 N–H and O–H groups in total. The predicted octanol–water partition coefficient (Wildman–Crippen LogP) is 4.31. The van der Waals surface area contributed by atoms with Crippen molar-refractivity contribution in [1.82, 2.24) is 0 Å². The summed E-state index contributed by atoms with van der Waals surface area (Å²) in [5.41, 5.74) is -4.34. The van der Waals surface area contributed by atoms with Gasteiger partial charge in [-0.1, -0.05) is 0 Å². The highest BCUT2D eigenvalue weighted by molar-refractivity contribution is 14.1. The molecule has 0 aliphatic carbocycles. The van der Waals surface area contributed by atoms with Crippen LogP contribution in [0.15, 0.2) is 16.6 Å². The number of halogens is 4. The zero-order valence-electron chi connectivity index (χ0n) is 13.1. The van der Waals surface area contributed by atoms with Gasteiger partial charge in [0.05, 0.1) is 17.1 Å². The van der Waals surface area contributed by atoms with Crippen LogP contribution in [0.25, 0.3) is 10.1 Å². The minimum absolute atomic E-state index is 0.0575. The molecule has 1 aromatic heterocycles. The van der Waals surface area contributed by atoms with E-state index < -0.39 is 28.0 Å². The summed E-state index contributed by atoms with van der Waals surface area (Å²) < 4.78 is 68.1. The van der Waals surface area contributed by atoms with Crippen molar-refractivity contribution in [3.05, 3.63) is 25.1 Å². The molecule has 0 fully saturated rings. The van der Waals surface area contributed by atoms with Gasteiger partial charge in [-0.25, -0.2) is 8.42 Å². The van der Waals surface area contributed by atoms with E-state index in [1.165, 1.54) is 0 Å². The van der Waals surface area contributed by atoms with Crippen LogP contribution in [0.2, 0.25) is 0 Å². The van der Waals surface area contributed by atoms with Gasteiger partial charge in [0.2, 0.25) is 0 Å². The first-order valence-electron chi connectivity index (χ1n) is 6.90. The molecule has 0 saturated carbocycles. The smallest absolute Gasteiger partial charge is 0.400 e. The molecular weight excluding hydrogens is 592 g/mol. The Labute approximate surface area is 174 Å². The van der Waals surface area contributed by atoms with Crippen LogP contribution >= 0.6 is 57.5 Å². The first kappa shape index (κ1) is 22.4. The minimum Gasteiger partial charge on any atom is -0.492 e. The SMILES string of the molecule is CS(=O)(=O)CCCOc1cc(I)cc2c(Br)c(C(F)(F)P(=O)(O)O)sc12. The molecular formula is C13H13BrF2IO6PS2. The third kappa shape index (κ3) is 4.95. The maximum absolute atomic E-state index is 14.1. The predicted molar refractivity (Wildman–Crippen MR) is 108 cm³/mol. The van der Waals surface area contributed by atoms with E-state index in [1.807, 2.05) is 22.6 Å². The maximum atomic E-state index is 14.1. The van der Waals surface area contributed by atoms with Crippen molar-refractivity contribution < 1.29 is 36.3 Å². The lowest BCUT2D eigenvalue weighted by atomic mass is 10.2. The van der Waals surface area contributed by atoms with Crippen LogP contribution in [0.4, 0.5) is 8.78 Å². The molecule has 0 radical (unpaired) electrons. The molecule has 0 bridgehead atoms. The monoisotopic (exact) mass is 604 g/mol. The van der Waals surface area contributed by atoms with Crippen LogP contribution in [0.5, 0.6) is 5.75 Å². The molecule has 0 amide bonds. The van der Waals surface area contributed by atoms with Crippen LogP contribution in [0.3, 0.4) is 0 Å². The van der Waals surface area contributed by atoms with Gasteiger partial charge < -0.3 is 14.5 Å². The molecule has 0 spiro atoms. The summed E-state index contributed by atoms with van der Waals surface area (Å²) in [5, 5.41) is 0.336. The molecule has 0 unspecified atom stereocenters. The lowest BCUT2D eigenvalue weighted by Gasteiger charge is -2.16. The Balaban J connectivity index is 2.44. The minimum atomic E-state index is -5.71. The van der Waals surface area contributed by atoms with Gasteiger partial charge in [-0.15, -0.1) is 11.3 Å². The number of hydrogen-bond donors (Lipinski definition) is 2. The number of rotatable bonds is 7. The number of sulfone groups is 1. The van der Waals surface area contributed by atoms with Gasteiger partial charge in [0.1, 0.15) is 20.5 Å². The zero-order chi connectivity index (χ0) is 19.9. The van der Waals surface area contributed by atoms with E-state index in [0.717, 1.165) is 6.26 Å². The van der Waals surface area contributed by atoms with Crippen molar-refractivity contribution in [2.75, 3.05) is 18.6 Å². The first-order valence-corrected chi connectivity index (χ1v) is 13.3. The summed E-state index contributed by atoms with van der Waals surface area (Å²) in [5.74, 6) is 0.175. The highest BCUT2D eigenvalue weighted by atomic mass is 127. The lowest BCUT2D eigenvalue weighted by molar-refractivity contribution is 0.0595. The molecule has 146 valence electrons. The van der Waals surface area contributed by atoms with Crippen molar-refractivity contribution in [2.45, 2.75) is 12.1 Å². The lowest BCUT2D eigenvalue weighted by Crippen LogP contribution is -2.12.